The smallest absolute Gasteiger partial charge is 0.432 e. The highest BCUT2D eigenvalue weighted by Gasteiger charge is 2.62. The number of ether oxygens (including phenoxy) is 1. The van der Waals surface area contributed by atoms with Gasteiger partial charge in [-0.3, -0.25) is 0 Å². The van der Waals surface area contributed by atoms with Crippen LogP contribution in [0.1, 0.15) is 26.3 Å². The van der Waals surface area contributed by atoms with Crippen molar-refractivity contribution in [2.45, 2.75) is 32.5 Å². The van der Waals surface area contributed by atoms with E-state index in [2.05, 4.69) is 4.74 Å². The first-order valence-corrected chi connectivity index (χ1v) is 7.04. The monoisotopic (exact) mass is 319 g/mol. The minimum atomic E-state index is -5.17. The average molecular weight is 319 g/mol. The molecular weight excluding hydrogens is 299 g/mol. The number of rotatable bonds is 6. The summed E-state index contributed by atoms with van der Waals surface area (Å²) in [7, 11) is 0. The molecule has 0 amide bonds. The van der Waals surface area contributed by atoms with Gasteiger partial charge in [0.2, 0.25) is 0 Å². The zero-order valence-corrected chi connectivity index (χ0v) is 12.8. The molecule has 1 aromatic rings. The number of benzene rings is 1. The summed E-state index contributed by atoms with van der Waals surface area (Å²) in [5.74, 6) is -1.72. The van der Waals surface area contributed by atoms with Gasteiger partial charge in [-0.2, -0.15) is 13.2 Å². The lowest BCUT2D eigenvalue weighted by molar-refractivity contribution is -0.267. The van der Waals surface area contributed by atoms with Crippen molar-refractivity contribution in [3.8, 4) is 0 Å². The highest BCUT2D eigenvalue weighted by molar-refractivity contribution is 5.82. The highest BCUT2D eigenvalue weighted by atomic mass is 19.4. The maximum absolute atomic E-state index is 13.2. The zero-order valence-electron chi connectivity index (χ0n) is 12.8. The van der Waals surface area contributed by atoms with E-state index >= 15 is 0 Å². The minimum Gasteiger partial charge on any atom is -0.463 e. The van der Waals surface area contributed by atoms with E-state index in [1.807, 2.05) is 18.7 Å². The summed E-state index contributed by atoms with van der Waals surface area (Å²) < 4.78 is 44.0. The Labute approximate surface area is 127 Å². The second-order valence-electron chi connectivity index (χ2n) is 4.65. The molecule has 1 N–H and O–H groups in total. The second kappa shape index (κ2) is 7.00. The van der Waals surface area contributed by atoms with Crippen LogP contribution in [0.3, 0.4) is 0 Å². The Morgan fingerprint density at radius 1 is 1.14 bits per heavy atom. The Bertz CT molecular complexity index is 498. The van der Waals surface area contributed by atoms with Crippen molar-refractivity contribution in [3.05, 3.63) is 29.8 Å². The van der Waals surface area contributed by atoms with Crippen molar-refractivity contribution >= 4 is 11.7 Å². The predicted molar refractivity (Wildman–Crippen MR) is 76.6 cm³/mol. The van der Waals surface area contributed by atoms with Gasteiger partial charge in [0.15, 0.2) is 0 Å². The molecule has 22 heavy (non-hydrogen) atoms. The molecule has 1 rings (SSSR count). The molecule has 0 fully saturated rings. The number of carbonyl (C=O) groups is 1. The van der Waals surface area contributed by atoms with Crippen molar-refractivity contribution in [3.63, 3.8) is 0 Å². The third-order valence-corrected chi connectivity index (χ3v) is 3.39. The lowest BCUT2D eigenvalue weighted by Crippen LogP contribution is -2.50. The maximum atomic E-state index is 13.2. The minimum absolute atomic E-state index is 0.255. The highest BCUT2D eigenvalue weighted by Crippen LogP contribution is 2.40. The molecule has 0 saturated carbocycles. The number of anilines is 1. The molecule has 0 bridgehead atoms. The van der Waals surface area contributed by atoms with Crippen LogP contribution in [0, 0.1) is 0 Å². The van der Waals surface area contributed by atoms with E-state index in [1.165, 1.54) is 19.1 Å². The van der Waals surface area contributed by atoms with Crippen LogP contribution in [-0.2, 0) is 15.1 Å². The second-order valence-corrected chi connectivity index (χ2v) is 4.65. The van der Waals surface area contributed by atoms with Gasteiger partial charge in [-0.05, 0) is 32.9 Å². The summed E-state index contributed by atoms with van der Waals surface area (Å²) in [6.07, 6.45) is -5.17. The van der Waals surface area contributed by atoms with Crippen molar-refractivity contribution in [2.75, 3.05) is 24.6 Å². The van der Waals surface area contributed by atoms with Crippen molar-refractivity contribution in [1.82, 2.24) is 0 Å². The standard InChI is InChI=1S/C15H20F3NO3/c1-4-19(5-2)12-9-7-11(8-10-12)14(21,15(16,17)18)13(20)22-6-3/h7-10,21H,4-6H2,1-3H3. The van der Waals surface area contributed by atoms with Gasteiger partial charge in [0, 0.05) is 24.3 Å². The summed E-state index contributed by atoms with van der Waals surface area (Å²) >= 11 is 0. The molecule has 0 aliphatic carbocycles. The third-order valence-electron chi connectivity index (χ3n) is 3.39. The van der Waals surface area contributed by atoms with Crippen molar-refractivity contribution in [1.29, 1.82) is 0 Å². The van der Waals surface area contributed by atoms with Crippen LogP contribution < -0.4 is 4.90 Å². The number of esters is 1. The van der Waals surface area contributed by atoms with E-state index in [0.717, 1.165) is 12.1 Å². The fourth-order valence-electron chi connectivity index (χ4n) is 2.13. The number of alkyl halides is 3. The van der Waals surface area contributed by atoms with Gasteiger partial charge < -0.3 is 14.7 Å². The van der Waals surface area contributed by atoms with E-state index in [9.17, 15) is 23.1 Å². The Kier molecular flexibility index (Phi) is 5.82. The van der Waals surface area contributed by atoms with Gasteiger partial charge in [0.1, 0.15) is 0 Å². The number of aliphatic hydroxyl groups is 1. The van der Waals surface area contributed by atoms with Gasteiger partial charge >= 0.3 is 12.1 Å². The molecule has 1 unspecified atom stereocenters. The van der Waals surface area contributed by atoms with Gasteiger partial charge in [-0.25, -0.2) is 4.79 Å². The Morgan fingerprint density at radius 2 is 1.64 bits per heavy atom. The summed E-state index contributed by atoms with van der Waals surface area (Å²) in [6.45, 7) is 6.34. The molecule has 0 aliphatic rings. The SMILES string of the molecule is CCOC(=O)C(O)(c1ccc(N(CC)CC)cc1)C(F)(F)F. The molecule has 1 aromatic carbocycles. The molecule has 0 heterocycles. The lowest BCUT2D eigenvalue weighted by Gasteiger charge is -2.29. The topological polar surface area (TPSA) is 49.8 Å². The van der Waals surface area contributed by atoms with Crippen LogP contribution in [0.15, 0.2) is 24.3 Å². The molecule has 4 nitrogen and oxygen atoms in total. The Hall–Kier alpha value is -1.76. The summed E-state index contributed by atoms with van der Waals surface area (Å²) in [5.41, 5.74) is -3.51. The lowest BCUT2D eigenvalue weighted by atomic mass is 9.93. The third kappa shape index (κ3) is 3.35. The van der Waals surface area contributed by atoms with E-state index in [0.29, 0.717) is 18.8 Å². The normalized spacial score (nSPS) is 14.3. The van der Waals surface area contributed by atoms with Crippen LogP contribution in [0.25, 0.3) is 0 Å². The Balaban J connectivity index is 3.25. The molecule has 0 aromatic heterocycles. The van der Waals surface area contributed by atoms with Crippen molar-refractivity contribution in [2.24, 2.45) is 0 Å². The summed E-state index contributed by atoms with van der Waals surface area (Å²) in [4.78, 5) is 13.6. The zero-order chi connectivity index (χ0) is 17.0. The predicted octanol–water partition coefficient (Wildman–Crippen LogP) is 2.85. The van der Waals surface area contributed by atoms with E-state index < -0.39 is 23.3 Å². The van der Waals surface area contributed by atoms with Crippen LogP contribution in [0.2, 0.25) is 0 Å². The average Bonchev–Trinajstić information content (AvgIpc) is 2.47. The summed E-state index contributed by atoms with van der Waals surface area (Å²) in [6, 6.07) is 5.08. The molecule has 0 saturated heterocycles. The van der Waals surface area contributed by atoms with Gasteiger partial charge in [-0.1, -0.05) is 12.1 Å². The van der Waals surface area contributed by atoms with Gasteiger partial charge in [-0.15, -0.1) is 0 Å². The molecule has 0 spiro atoms. The van der Waals surface area contributed by atoms with Crippen LogP contribution >= 0.6 is 0 Å². The fourth-order valence-corrected chi connectivity index (χ4v) is 2.13. The quantitative estimate of drug-likeness (QED) is 0.819. The van der Waals surface area contributed by atoms with Gasteiger partial charge in [0.25, 0.3) is 5.60 Å². The number of hydrogen-bond donors (Lipinski definition) is 1. The van der Waals surface area contributed by atoms with E-state index in [1.54, 1.807) is 0 Å². The number of halogens is 3. The van der Waals surface area contributed by atoms with Gasteiger partial charge in [0.05, 0.1) is 6.61 Å². The van der Waals surface area contributed by atoms with Crippen LogP contribution in [0.4, 0.5) is 18.9 Å². The molecule has 0 aliphatic heterocycles. The first-order valence-electron chi connectivity index (χ1n) is 7.04. The molecular formula is C15H20F3NO3. The number of hydrogen-bond acceptors (Lipinski definition) is 4. The van der Waals surface area contributed by atoms with Crippen molar-refractivity contribution < 1.29 is 27.8 Å². The number of carbonyl (C=O) groups excluding carboxylic acids is 1. The number of nitrogens with zero attached hydrogens (tertiary/aromatic N) is 1. The van der Waals surface area contributed by atoms with Crippen LogP contribution in [0.5, 0.6) is 0 Å². The molecule has 124 valence electrons. The first-order chi connectivity index (χ1) is 10.2. The molecule has 7 heteroatoms. The molecule has 1 atom stereocenters. The van der Waals surface area contributed by atoms with Crippen LogP contribution in [-0.4, -0.2) is 36.9 Å². The fraction of sp³-hybridized carbons (Fsp3) is 0.533. The Morgan fingerprint density at radius 3 is 2.00 bits per heavy atom. The summed E-state index contributed by atoms with van der Waals surface area (Å²) in [5, 5.41) is 9.95. The first kappa shape index (κ1) is 18.3. The van der Waals surface area contributed by atoms with E-state index in [-0.39, 0.29) is 6.61 Å². The maximum Gasteiger partial charge on any atom is 0.432 e. The van der Waals surface area contributed by atoms with E-state index in [4.69, 9.17) is 0 Å². The largest absolute Gasteiger partial charge is 0.463 e. The molecule has 0 radical (unpaired) electrons.